The molecule has 1 amide bonds. The van der Waals surface area contributed by atoms with E-state index < -0.39 is 5.97 Å². The maximum Gasteiger partial charge on any atom is 0.330 e. The Hall–Kier alpha value is -1.32. The third kappa shape index (κ3) is 4.13. The van der Waals surface area contributed by atoms with Crippen LogP contribution in [0.25, 0.3) is 0 Å². The van der Waals surface area contributed by atoms with Crippen molar-refractivity contribution in [2.75, 3.05) is 7.05 Å². The van der Waals surface area contributed by atoms with E-state index in [0.29, 0.717) is 0 Å². The van der Waals surface area contributed by atoms with Crippen molar-refractivity contribution in [1.29, 1.82) is 0 Å². The van der Waals surface area contributed by atoms with Crippen LogP contribution in [-0.2, 0) is 9.59 Å². The lowest BCUT2D eigenvalue weighted by Crippen LogP contribution is -2.17. The second-order valence-corrected chi connectivity index (χ2v) is 2.08. The number of aliphatic carboxylic acids is 1. The van der Waals surface area contributed by atoms with Crippen molar-refractivity contribution in [3.05, 3.63) is 12.2 Å². The third-order valence-electron chi connectivity index (χ3n) is 1.24. The fourth-order valence-electron chi connectivity index (χ4n) is 0.496. The third-order valence-corrected chi connectivity index (χ3v) is 1.24. The number of carboxylic acids is 1. The first-order chi connectivity index (χ1) is 5.07. The van der Waals surface area contributed by atoms with Gasteiger partial charge in [-0.25, -0.2) is 4.79 Å². The second kappa shape index (κ2) is 4.49. The summed E-state index contributed by atoms with van der Waals surface area (Å²) in [6.45, 7) is 3.28. The molecule has 0 aliphatic rings. The summed E-state index contributed by atoms with van der Waals surface area (Å²) in [6.07, 6.45) is 0.386. The second-order valence-electron chi connectivity index (χ2n) is 2.08. The molecule has 0 atom stereocenters. The van der Waals surface area contributed by atoms with Crippen LogP contribution in [0.3, 0.4) is 0 Å². The molecule has 11 heavy (non-hydrogen) atoms. The van der Waals surface area contributed by atoms with Gasteiger partial charge in [0.25, 0.3) is 0 Å². The van der Waals surface area contributed by atoms with Gasteiger partial charge in [-0.15, -0.1) is 0 Å². The highest BCUT2D eigenvalue weighted by Crippen LogP contribution is 2.01. The van der Waals surface area contributed by atoms with Crippen LogP contribution in [0.15, 0.2) is 12.2 Å². The fourth-order valence-corrected chi connectivity index (χ4v) is 0.496. The van der Waals surface area contributed by atoms with Crippen LogP contribution in [0.4, 0.5) is 0 Å². The predicted octanol–water partition coefficient (Wildman–Crippen LogP) is 0.153. The zero-order valence-corrected chi connectivity index (χ0v) is 6.39. The molecule has 0 aliphatic heterocycles. The molecule has 0 bridgehead atoms. The van der Waals surface area contributed by atoms with Crippen LogP contribution in [-0.4, -0.2) is 24.0 Å². The Kier molecular flexibility index (Phi) is 3.95. The van der Waals surface area contributed by atoms with E-state index in [-0.39, 0.29) is 24.3 Å². The highest BCUT2D eigenvalue weighted by Gasteiger charge is 2.05. The number of amides is 1. The first kappa shape index (κ1) is 9.68. The summed E-state index contributed by atoms with van der Waals surface area (Å²) in [5, 5.41) is 10.7. The maximum atomic E-state index is 10.6. The summed E-state index contributed by atoms with van der Waals surface area (Å²) in [7, 11) is 1.51. The number of hydrogen-bond acceptors (Lipinski definition) is 2. The smallest absolute Gasteiger partial charge is 0.330 e. The van der Waals surface area contributed by atoms with Gasteiger partial charge in [-0.2, -0.15) is 0 Å². The average molecular weight is 157 g/mol. The zero-order valence-electron chi connectivity index (χ0n) is 6.39. The van der Waals surface area contributed by atoms with E-state index in [9.17, 15) is 9.59 Å². The van der Waals surface area contributed by atoms with Crippen molar-refractivity contribution in [2.24, 2.45) is 0 Å². The van der Waals surface area contributed by atoms with Crippen LogP contribution in [0.1, 0.15) is 12.8 Å². The van der Waals surface area contributed by atoms with Gasteiger partial charge >= 0.3 is 5.97 Å². The molecule has 0 heterocycles. The standard InChI is InChI=1S/C7H11NO3/c1-5(7(10)11)3-4-6(9)8-2/h1,3-4H2,2H3,(H,8,9)(H,10,11). The van der Waals surface area contributed by atoms with Crippen molar-refractivity contribution in [2.45, 2.75) is 12.8 Å². The number of carbonyl (C=O) groups excluding carboxylic acids is 1. The molecule has 0 aliphatic carbocycles. The number of carbonyl (C=O) groups is 2. The Labute approximate surface area is 64.9 Å². The van der Waals surface area contributed by atoms with Crippen molar-refractivity contribution in [3.63, 3.8) is 0 Å². The van der Waals surface area contributed by atoms with Gasteiger partial charge in [0.15, 0.2) is 0 Å². The molecule has 0 saturated carbocycles. The number of hydrogen-bond donors (Lipinski definition) is 2. The Bertz CT molecular complexity index is 186. The Morgan fingerprint density at radius 1 is 1.45 bits per heavy atom. The predicted molar refractivity (Wildman–Crippen MR) is 40.1 cm³/mol. The molecule has 0 fully saturated rings. The van der Waals surface area contributed by atoms with Crippen LogP contribution in [0.2, 0.25) is 0 Å². The molecule has 0 spiro atoms. The number of nitrogens with one attached hydrogen (secondary N) is 1. The molecule has 0 aromatic heterocycles. The Morgan fingerprint density at radius 2 is 2.00 bits per heavy atom. The largest absolute Gasteiger partial charge is 0.478 e. The lowest BCUT2D eigenvalue weighted by atomic mass is 10.1. The molecule has 0 aromatic carbocycles. The van der Waals surface area contributed by atoms with Gasteiger partial charge < -0.3 is 10.4 Å². The van der Waals surface area contributed by atoms with Gasteiger partial charge in [0, 0.05) is 19.0 Å². The molecule has 0 aromatic rings. The maximum absolute atomic E-state index is 10.6. The van der Waals surface area contributed by atoms with Crippen LogP contribution >= 0.6 is 0 Å². The zero-order chi connectivity index (χ0) is 8.85. The molecule has 4 nitrogen and oxygen atoms in total. The monoisotopic (exact) mass is 157 g/mol. The van der Waals surface area contributed by atoms with Crippen LogP contribution < -0.4 is 5.32 Å². The topological polar surface area (TPSA) is 66.4 Å². The van der Waals surface area contributed by atoms with Crippen LogP contribution in [0, 0.1) is 0 Å². The SMILES string of the molecule is C=C(CCC(=O)NC)C(=O)O. The summed E-state index contributed by atoms with van der Waals surface area (Å²) in [6, 6.07) is 0. The van der Waals surface area contributed by atoms with Gasteiger partial charge in [0.2, 0.25) is 5.91 Å². The molecule has 0 radical (unpaired) electrons. The summed E-state index contributed by atoms with van der Waals surface area (Å²) in [5.74, 6) is -1.22. The van der Waals surface area contributed by atoms with E-state index in [1.807, 2.05) is 0 Å². The molecular weight excluding hydrogens is 146 g/mol. The number of rotatable bonds is 4. The Morgan fingerprint density at radius 3 is 2.36 bits per heavy atom. The van der Waals surface area contributed by atoms with Gasteiger partial charge in [0.05, 0.1) is 0 Å². The molecule has 62 valence electrons. The summed E-state index contributed by atoms with van der Waals surface area (Å²) in [5.41, 5.74) is 0.0635. The van der Waals surface area contributed by atoms with Gasteiger partial charge in [-0.1, -0.05) is 6.58 Å². The van der Waals surface area contributed by atoms with Crippen molar-refractivity contribution < 1.29 is 14.7 Å². The van der Waals surface area contributed by atoms with E-state index in [0.717, 1.165) is 0 Å². The summed E-state index contributed by atoms with van der Waals surface area (Å²) in [4.78, 5) is 20.8. The fraction of sp³-hybridized carbons (Fsp3) is 0.429. The van der Waals surface area contributed by atoms with Crippen molar-refractivity contribution >= 4 is 11.9 Å². The quantitative estimate of drug-likeness (QED) is 0.571. The molecule has 0 saturated heterocycles. The first-order valence-corrected chi connectivity index (χ1v) is 3.19. The molecule has 2 N–H and O–H groups in total. The highest BCUT2D eigenvalue weighted by atomic mass is 16.4. The average Bonchev–Trinajstić information content (AvgIpc) is 1.99. The van der Waals surface area contributed by atoms with Crippen molar-refractivity contribution in [3.8, 4) is 0 Å². The lowest BCUT2D eigenvalue weighted by molar-refractivity contribution is -0.132. The molecule has 0 unspecified atom stereocenters. The highest BCUT2D eigenvalue weighted by molar-refractivity contribution is 5.87. The molecule has 0 rings (SSSR count). The van der Waals surface area contributed by atoms with E-state index in [1.54, 1.807) is 0 Å². The summed E-state index contributed by atoms with van der Waals surface area (Å²) < 4.78 is 0. The van der Waals surface area contributed by atoms with Gasteiger partial charge in [-0.3, -0.25) is 4.79 Å². The van der Waals surface area contributed by atoms with E-state index in [4.69, 9.17) is 5.11 Å². The number of carboxylic acid groups (broad SMARTS) is 1. The van der Waals surface area contributed by atoms with E-state index in [2.05, 4.69) is 11.9 Å². The minimum Gasteiger partial charge on any atom is -0.478 e. The first-order valence-electron chi connectivity index (χ1n) is 3.19. The molecule has 4 heteroatoms. The molecular formula is C7H11NO3. The van der Waals surface area contributed by atoms with Crippen molar-refractivity contribution in [1.82, 2.24) is 5.32 Å². The van der Waals surface area contributed by atoms with E-state index >= 15 is 0 Å². The normalized spacial score (nSPS) is 8.82. The van der Waals surface area contributed by atoms with Gasteiger partial charge in [-0.05, 0) is 6.42 Å². The lowest BCUT2D eigenvalue weighted by Gasteiger charge is -1.98. The Balaban J connectivity index is 3.63. The minimum atomic E-state index is -1.05. The van der Waals surface area contributed by atoms with Crippen LogP contribution in [0.5, 0.6) is 0 Å². The van der Waals surface area contributed by atoms with E-state index in [1.165, 1.54) is 7.05 Å². The minimum absolute atomic E-state index is 0.0635. The van der Waals surface area contributed by atoms with Gasteiger partial charge in [0.1, 0.15) is 0 Å². The summed E-state index contributed by atoms with van der Waals surface area (Å²) >= 11 is 0.